The summed E-state index contributed by atoms with van der Waals surface area (Å²) in [5.41, 5.74) is 2.70. The molecule has 0 spiro atoms. The lowest BCUT2D eigenvalue weighted by Crippen LogP contribution is -2.41. The highest BCUT2D eigenvalue weighted by Crippen LogP contribution is 2.32. The molecule has 2 heterocycles. The van der Waals surface area contributed by atoms with Crippen molar-refractivity contribution in [3.05, 3.63) is 65.0 Å². The number of rotatable bonds is 3. The second-order valence-electron chi connectivity index (χ2n) is 6.97. The van der Waals surface area contributed by atoms with E-state index in [4.69, 9.17) is 16.1 Å². The number of urea groups is 1. The highest BCUT2D eigenvalue weighted by molar-refractivity contribution is 6.30. The van der Waals surface area contributed by atoms with Gasteiger partial charge in [-0.25, -0.2) is 4.79 Å². The van der Waals surface area contributed by atoms with E-state index >= 15 is 0 Å². The first-order chi connectivity index (χ1) is 13.6. The fraction of sp³-hybridized carbons (Fsp3) is 0.286. The lowest BCUT2D eigenvalue weighted by molar-refractivity contribution is 0.142. The molecular weight excluding hydrogens is 376 g/mol. The molecule has 2 amide bonds. The molecule has 1 aromatic heterocycles. The topological polar surface area (TPSA) is 71.3 Å². The fourth-order valence-electron chi connectivity index (χ4n) is 3.44. The maximum Gasteiger partial charge on any atom is 0.322 e. The van der Waals surface area contributed by atoms with Crippen molar-refractivity contribution in [2.24, 2.45) is 0 Å². The number of aryl methyl sites for hydroxylation is 1. The number of amides is 2. The molecular formula is C21H21ClN4O2. The molecule has 1 N–H and O–H groups in total. The minimum absolute atomic E-state index is 0.151. The smallest absolute Gasteiger partial charge is 0.322 e. The van der Waals surface area contributed by atoms with Gasteiger partial charge in [0.25, 0.3) is 0 Å². The zero-order valence-corrected chi connectivity index (χ0v) is 16.3. The molecule has 1 saturated heterocycles. The van der Waals surface area contributed by atoms with Gasteiger partial charge in [-0.15, -0.1) is 0 Å². The molecule has 144 valence electrons. The molecule has 1 aliphatic heterocycles. The molecule has 0 aliphatic carbocycles. The van der Waals surface area contributed by atoms with Crippen molar-refractivity contribution in [2.45, 2.75) is 32.2 Å². The van der Waals surface area contributed by atoms with Crippen LogP contribution in [0, 0.1) is 6.92 Å². The number of hydrogen-bond donors (Lipinski definition) is 1. The van der Waals surface area contributed by atoms with Gasteiger partial charge in [0.05, 0.1) is 0 Å². The Balaban J connectivity index is 1.54. The standard InChI is InChI=1S/C21H21ClN4O2/c1-14-5-4-6-17(13-14)23-21(27)26-12-3-2-7-18(26)20-24-19(25-28-20)15-8-10-16(22)11-9-15/h4-6,8-11,13,18H,2-3,7,12H2,1H3,(H,23,27)/t18-/m0/s1. The van der Waals surface area contributed by atoms with E-state index in [9.17, 15) is 4.79 Å². The van der Waals surface area contributed by atoms with Gasteiger partial charge in [0.15, 0.2) is 0 Å². The van der Waals surface area contributed by atoms with E-state index in [0.29, 0.717) is 23.3 Å². The van der Waals surface area contributed by atoms with Gasteiger partial charge < -0.3 is 14.7 Å². The summed E-state index contributed by atoms with van der Waals surface area (Å²) in [4.78, 5) is 19.2. The van der Waals surface area contributed by atoms with Crippen LogP contribution in [0.5, 0.6) is 0 Å². The Kier molecular flexibility index (Phi) is 5.30. The Morgan fingerprint density at radius 1 is 1.21 bits per heavy atom. The molecule has 1 fully saturated rings. The molecule has 4 rings (SSSR count). The van der Waals surface area contributed by atoms with Gasteiger partial charge in [-0.05, 0) is 68.1 Å². The largest absolute Gasteiger partial charge is 0.337 e. The summed E-state index contributed by atoms with van der Waals surface area (Å²) in [5.74, 6) is 0.959. The highest BCUT2D eigenvalue weighted by Gasteiger charge is 2.32. The average Bonchev–Trinajstić information content (AvgIpc) is 3.18. The van der Waals surface area contributed by atoms with Crippen molar-refractivity contribution in [2.75, 3.05) is 11.9 Å². The summed E-state index contributed by atoms with van der Waals surface area (Å²) < 4.78 is 5.52. The average molecular weight is 397 g/mol. The second kappa shape index (κ2) is 8.02. The van der Waals surface area contributed by atoms with Crippen molar-refractivity contribution in [3.63, 3.8) is 0 Å². The van der Waals surface area contributed by atoms with Crippen LogP contribution in [0.3, 0.4) is 0 Å². The van der Waals surface area contributed by atoms with Gasteiger partial charge in [0, 0.05) is 22.8 Å². The molecule has 7 heteroatoms. The van der Waals surface area contributed by atoms with E-state index in [1.54, 1.807) is 17.0 Å². The minimum Gasteiger partial charge on any atom is -0.337 e. The molecule has 1 aliphatic rings. The highest BCUT2D eigenvalue weighted by atomic mass is 35.5. The normalized spacial score (nSPS) is 16.8. The van der Waals surface area contributed by atoms with Crippen LogP contribution >= 0.6 is 11.6 Å². The van der Waals surface area contributed by atoms with E-state index in [1.165, 1.54) is 0 Å². The molecule has 0 saturated carbocycles. The summed E-state index contributed by atoms with van der Waals surface area (Å²) in [5, 5.41) is 7.72. The van der Waals surface area contributed by atoms with Crippen LogP contribution in [0.1, 0.15) is 36.8 Å². The van der Waals surface area contributed by atoms with Gasteiger partial charge in [0.2, 0.25) is 11.7 Å². The minimum atomic E-state index is -0.230. The van der Waals surface area contributed by atoms with Crippen molar-refractivity contribution in [3.8, 4) is 11.4 Å². The van der Waals surface area contributed by atoms with Crippen molar-refractivity contribution >= 4 is 23.3 Å². The number of carbonyl (C=O) groups is 1. The maximum absolute atomic E-state index is 12.9. The zero-order chi connectivity index (χ0) is 19.5. The Morgan fingerprint density at radius 3 is 2.82 bits per heavy atom. The third-order valence-corrected chi connectivity index (χ3v) is 5.11. The number of nitrogens with one attached hydrogen (secondary N) is 1. The number of aromatic nitrogens is 2. The first-order valence-electron chi connectivity index (χ1n) is 9.34. The number of piperidine rings is 1. The van der Waals surface area contributed by atoms with E-state index in [1.807, 2.05) is 43.3 Å². The quantitative estimate of drug-likeness (QED) is 0.638. The van der Waals surface area contributed by atoms with Crippen LogP contribution in [0.15, 0.2) is 53.1 Å². The van der Waals surface area contributed by atoms with Crippen LogP contribution in [0.4, 0.5) is 10.5 Å². The van der Waals surface area contributed by atoms with Gasteiger partial charge in [-0.3, -0.25) is 0 Å². The summed E-state index contributed by atoms with van der Waals surface area (Å²) in [7, 11) is 0. The summed E-state index contributed by atoms with van der Waals surface area (Å²) >= 11 is 5.94. The van der Waals surface area contributed by atoms with Gasteiger partial charge in [-0.1, -0.05) is 28.9 Å². The molecule has 0 bridgehead atoms. The predicted molar refractivity (Wildman–Crippen MR) is 108 cm³/mol. The zero-order valence-electron chi connectivity index (χ0n) is 15.6. The van der Waals surface area contributed by atoms with Crippen LogP contribution in [-0.4, -0.2) is 27.6 Å². The number of benzene rings is 2. The van der Waals surface area contributed by atoms with E-state index in [-0.39, 0.29) is 12.1 Å². The van der Waals surface area contributed by atoms with Crippen molar-refractivity contribution in [1.29, 1.82) is 0 Å². The number of nitrogens with zero attached hydrogens (tertiary/aromatic N) is 3. The monoisotopic (exact) mass is 396 g/mol. The van der Waals surface area contributed by atoms with Gasteiger partial charge in [0.1, 0.15) is 6.04 Å². The summed E-state index contributed by atoms with van der Waals surface area (Å²) in [6, 6.07) is 14.6. The number of anilines is 1. The Labute approximate surface area is 168 Å². The SMILES string of the molecule is Cc1cccc(NC(=O)N2CCCC[C@H]2c2nc(-c3ccc(Cl)cc3)no2)c1. The first kappa shape index (κ1) is 18.5. The molecule has 2 aromatic carbocycles. The lowest BCUT2D eigenvalue weighted by Gasteiger charge is -2.33. The third-order valence-electron chi connectivity index (χ3n) is 4.86. The summed E-state index contributed by atoms with van der Waals surface area (Å²) in [6.07, 6.45) is 2.76. The lowest BCUT2D eigenvalue weighted by atomic mass is 10.0. The van der Waals surface area contributed by atoms with Crippen molar-refractivity contribution < 1.29 is 9.32 Å². The van der Waals surface area contributed by atoms with Gasteiger partial charge in [-0.2, -0.15) is 4.98 Å². The maximum atomic E-state index is 12.9. The number of hydrogen-bond acceptors (Lipinski definition) is 4. The molecule has 0 unspecified atom stereocenters. The predicted octanol–water partition coefficient (Wildman–Crippen LogP) is 5.46. The van der Waals surface area contributed by atoms with Crippen LogP contribution in [-0.2, 0) is 0 Å². The number of carbonyl (C=O) groups excluding carboxylic acids is 1. The molecule has 0 radical (unpaired) electrons. The molecule has 28 heavy (non-hydrogen) atoms. The van der Waals surface area contributed by atoms with Crippen LogP contribution in [0.2, 0.25) is 5.02 Å². The van der Waals surface area contributed by atoms with Crippen LogP contribution in [0.25, 0.3) is 11.4 Å². The Morgan fingerprint density at radius 2 is 2.04 bits per heavy atom. The first-order valence-corrected chi connectivity index (χ1v) is 9.72. The Hall–Kier alpha value is -2.86. The van der Waals surface area contributed by atoms with Crippen LogP contribution < -0.4 is 5.32 Å². The van der Waals surface area contributed by atoms with Gasteiger partial charge >= 0.3 is 6.03 Å². The number of halogens is 1. The van der Waals surface area contributed by atoms with E-state index in [2.05, 4.69) is 15.5 Å². The fourth-order valence-corrected chi connectivity index (χ4v) is 3.56. The molecule has 3 aromatic rings. The summed E-state index contributed by atoms with van der Waals surface area (Å²) in [6.45, 7) is 2.65. The third kappa shape index (κ3) is 4.02. The van der Waals surface area contributed by atoms with E-state index < -0.39 is 0 Å². The van der Waals surface area contributed by atoms with E-state index in [0.717, 1.165) is 36.1 Å². The second-order valence-corrected chi connectivity index (χ2v) is 7.40. The Bertz CT molecular complexity index is 971. The van der Waals surface area contributed by atoms with Crippen molar-refractivity contribution in [1.82, 2.24) is 15.0 Å². The number of likely N-dealkylation sites (tertiary alicyclic amines) is 1. The molecule has 1 atom stereocenters. The molecule has 6 nitrogen and oxygen atoms in total.